The number of fused-ring (bicyclic) bond motifs is 1. The van der Waals surface area contributed by atoms with E-state index in [0.717, 1.165) is 29.6 Å². The molecule has 3 unspecified atom stereocenters. The van der Waals surface area contributed by atoms with Gasteiger partial charge in [0, 0.05) is 11.5 Å². The maximum atomic E-state index is 13.3. The summed E-state index contributed by atoms with van der Waals surface area (Å²) < 4.78 is 0. The van der Waals surface area contributed by atoms with Crippen molar-refractivity contribution in [1.29, 1.82) is 0 Å². The Kier molecular flexibility index (Phi) is 3.53. The lowest BCUT2D eigenvalue weighted by Crippen LogP contribution is -2.57. The zero-order valence-corrected chi connectivity index (χ0v) is 14.6. The highest BCUT2D eigenvalue weighted by Gasteiger charge is 2.55. The van der Waals surface area contributed by atoms with Gasteiger partial charge in [-0.25, -0.2) is 0 Å². The summed E-state index contributed by atoms with van der Waals surface area (Å²) in [4.78, 5) is 13.3. The molecule has 3 atom stereocenters. The molecule has 1 amide bonds. The van der Waals surface area contributed by atoms with E-state index in [4.69, 9.17) is 0 Å². The molecular weight excluding hydrogens is 282 g/mol. The third kappa shape index (κ3) is 2.46. The van der Waals surface area contributed by atoms with Gasteiger partial charge in [-0.05, 0) is 81.0 Å². The van der Waals surface area contributed by atoms with Crippen molar-refractivity contribution in [2.24, 2.45) is 35.0 Å². The van der Waals surface area contributed by atoms with Gasteiger partial charge in [-0.1, -0.05) is 32.1 Å². The summed E-state index contributed by atoms with van der Waals surface area (Å²) in [5, 5.41) is 3.64. The van der Waals surface area contributed by atoms with Crippen LogP contribution in [0, 0.1) is 35.0 Å². The smallest absolute Gasteiger partial charge is 0.226 e. The molecule has 0 spiro atoms. The average Bonchev–Trinajstić information content (AvgIpc) is 2.54. The first kappa shape index (κ1) is 14.8. The molecule has 6 aliphatic carbocycles. The van der Waals surface area contributed by atoms with E-state index in [-0.39, 0.29) is 5.41 Å². The van der Waals surface area contributed by atoms with Crippen LogP contribution in [0.3, 0.4) is 0 Å². The Balaban J connectivity index is 1.31. The van der Waals surface area contributed by atoms with Gasteiger partial charge >= 0.3 is 0 Å². The summed E-state index contributed by atoms with van der Waals surface area (Å²) >= 11 is 0. The zero-order chi connectivity index (χ0) is 15.4. The van der Waals surface area contributed by atoms with E-state index in [1.54, 1.807) is 0 Å². The first-order chi connectivity index (χ1) is 11.2. The molecule has 6 aliphatic rings. The van der Waals surface area contributed by atoms with Crippen molar-refractivity contribution in [3.05, 3.63) is 0 Å². The van der Waals surface area contributed by atoms with Crippen LogP contribution in [-0.2, 0) is 4.79 Å². The standard InChI is InChI=1S/C21H33NO/c23-20(21-11-14-8-15(12-21)10-16(9-14)13-21)22-19-7-3-5-17-4-1-2-6-18(17)19/h14-19H,1-13H2,(H,22,23). The van der Waals surface area contributed by atoms with E-state index in [2.05, 4.69) is 5.32 Å². The van der Waals surface area contributed by atoms with Crippen LogP contribution in [0.4, 0.5) is 0 Å². The third-order valence-electron chi connectivity index (χ3n) is 8.41. The molecule has 0 aromatic heterocycles. The number of nitrogens with one attached hydrogen (secondary N) is 1. The van der Waals surface area contributed by atoms with Crippen molar-refractivity contribution >= 4 is 5.91 Å². The summed E-state index contributed by atoms with van der Waals surface area (Å²) in [6.07, 6.45) is 17.6. The Morgan fingerprint density at radius 1 is 0.783 bits per heavy atom. The van der Waals surface area contributed by atoms with E-state index in [1.165, 1.54) is 83.5 Å². The third-order valence-corrected chi connectivity index (χ3v) is 8.41. The van der Waals surface area contributed by atoms with Crippen LogP contribution in [0.25, 0.3) is 0 Å². The fraction of sp³-hybridized carbons (Fsp3) is 0.952. The van der Waals surface area contributed by atoms with Crippen LogP contribution in [-0.4, -0.2) is 11.9 Å². The minimum Gasteiger partial charge on any atom is -0.353 e. The van der Waals surface area contributed by atoms with Gasteiger partial charge in [0.15, 0.2) is 0 Å². The van der Waals surface area contributed by atoms with Crippen molar-refractivity contribution in [2.45, 2.75) is 89.5 Å². The Bertz CT molecular complexity index is 447. The lowest BCUT2D eigenvalue weighted by atomic mass is 9.49. The molecule has 2 heteroatoms. The number of hydrogen-bond acceptors (Lipinski definition) is 1. The molecule has 0 radical (unpaired) electrons. The summed E-state index contributed by atoms with van der Waals surface area (Å²) in [6, 6.07) is 0.509. The second kappa shape index (κ2) is 5.49. The molecule has 0 heterocycles. The highest BCUT2D eigenvalue weighted by molar-refractivity contribution is 5.83. The molecule has 0 aromatic rings. The minimum absolute atomic E-state index is 0.0519. The maximum Gasteiger partial charge on any atom is 0.226 e. The van der Waals surface area contributed by atoms with Crippen LogP contribution in [0.15, 0.2) is 0 Å². The van der Waals surface area contributed by atoms with E-state index in [9.17, 15) is 4.79 Å². The molecule has 6 saturated carbocycles. The second-order valence-electron chi connectivity index (χ2n) is 9.92. The van der Waals surface area contributed by atoms with Crippen LogP contribution < -0.4 is 5.32 Å². The van der Waals surface area contributed by atoms with Gasteiger partial charge in [0.1, 0.15) is 0 Å². The Morgan fingerprint density at radius 2 is 1.39 bits per heavy atom. The molecule has 2 nitrogen and oxygen atoms in total. The molecule has 23 heavy (non-hydrogen) atoms. The zero-order valence-electron chi connectivity index (χ0n) is 14.6. The van der Waals surface area contributed by atoms with Crippen LogP contribution in [0.5, 0.6) is 0 Å². The van der Waals surface area contributed by atoms with Crippen LogP contribution in [0.2, 0.25) is 0 Å². The van der Waals surface area contributed by atoms with Gasteiger partial charge < -0.3 is 5.32 Å². The van der Waals surface area contributed by atoms with Crippen molar-refractivity contribution in [3.63, 3.8) is 0 Å². The average molecular weight is 316 g/mol. The highest BCUT2D eigenvalue weighted by Crippen LogP contribution is 2.60. The SMILES string of the molecule is O=C(NC1CCCC2CCCCC21)C12CC3CC(CC(C3)C1)C2. The number of amides is 1. The van der Waals surface area contributed by atoms with Crippen molar-refractivity contribution < 1.29 is 4.79 Å². The highest BCUT2D eigenvalue weighted by atomic mass is 16.2. The number of carbonyl (C=O) groups is 1. The Morgan fingerprint density at radius 3 is 2.09 bits per heavy atom. The fourth-order valence-electron chi connectivity index (χ4n) is 7.83. The maximum absolute atomic E-state index is 13.3. The summed E-state index contributed by atoms with van der Waals surface area (Å²) in [6.45, 7) is 0. The van der Waals surface area contributed by atoms with E-state index < -0.39 is 0 Å². The van der Waals surface area contributed by atoms with Crippen LogP contribution >= 0.6 is 0 Å². The van der Waals surface area contributed by atoms with E-state index in [1.807, 2.05) is 0 Å². The minimum atomic E-state index is 0.0519. The van der Waals surface area contributed by atoms with Gasteiger partial charge in [0.25, 0.3) is 0 Å². The number of carbonyl (C=O) groups excluding carboxylic acids is 1. The van der Waals surface area contributed by atoms with Crippen LogP contribution in [0.1, 0.15) is 83.5 Å². The molecule has 0 saturated heterocycles. The molecule has 6 rings (SSSR count). The fourth-order valence-corrected chi connectivity index (χ4v) is 7.83. The molecular formula is C21H33NO. The van der Waals surface area contributed by atoms with Gasteiger partial charge in [0.05, 0.1) is 0 Å². The second-order valence-corrected chi connectivity index (χ2v) is 9.92. The van der Waals surface area contributed by atoms with Crippen molar-refractivity contribution in [2.75, 3.05) is 0 Å². The van der Waals surface area contributed by atoms with E-state index >= 15 is 0 Å². The van der Waals surface area contributed by atoms with Gasteiger partial charge in [-0.2, -0.15) is 0 Å². The first-order valence-corrected chi connectivity index (χ1v) is 10.5. The van der Waals surface area contributed by atoms with Crippen molar-refractivity contribution in [3.8, 4) is 0 Å². The molecule has 4 bridgehead atoms. The Hall–Kier alpha value is -0.530. The van der Waals surface area contributed by atoms with Gasteiger partial charge in [-0.15, -0.1) is 0 Å². The first-order valence-electron chi connectivity index (χ1n) is 10.5. The molecule has 6 fully saturated rings. The molecule has 0 aliphatic heterocycles. The number of hydrogen-bond donors (Lipinski definition) is 1. The predicted molar refractivity (Wildman–Crippen MR) is 91.8 cm³/mol. The Labute approximate surface area is 141 Å². The lowest BCUT2D eigenvalue weighted by molar-refractivity contribution is -0.148. The summed E-state index contributed by atoms with van der Waals surface area (Å²) in [7, 11) is 0. The largest absolute Gasteiger partial charge is 0.353 e. The van der Waals surface area contributed by atoms with E-state index in [0.29, 0.717) is 11.9 Å². The monoisotopic (exact) mass is 315 g/mol. The summed E-state index contributed by atoms with van der Waals surface area (Å²) in [5.74, 6) is 4.82. The normalized spacial score (nSPS) is 51.3. The molecule has 0 aromatic carbocycles. The van der Waals surface area contributed by atoms with Gasteiger partial charge in [-0.3, -0.25) is 4.79 Å². The quantitative estimate of drug-likeness (QED) is 0.787. The lowest BCUT2D eigenvalue weighted by Gasteiger charge is -2.56. The van der Waals surface area contributed by atoms with Crippen molar-refractivity contribution in [1.82, 2.24) is 5.32 Å². The topological polar surface area (TPSA) is 29.1 Å². The predicted octanol–water partition coefficient (Wildman–Crippen LogP) is 4.68. The molecule has 128 valence electrons. The summed E-state index contributed by atoms with van der Waals surface area (Å²) in [5.41, 5.74) is 0.0519. The van der Waals surface area contributed by atoms with Gasteiger partial charge in [0.2, 0.25) is 5.91 Å². The molecule has 1 N–H and O–H groups in total. The number of rotatable bonds is 2.